The molecule has 5 rings (SSSR count). The highest BCUT2D eigenvalue weighted by Crippen LogP contribution is 2.53. The molecule has 0 bridgehead atoms. The highest BCUT2D eigenvalue weighted by atomic mass is 16.5. The van der Waals surface area contributed by atoms with Crippen LogP contribution in [0.4, 0.5) is 5.69 Å². The summed E-state index contributed by atoms with van der Waals surface area (Å²) in [6, 6.07) is 4.71. The minimum absolute atomic E-state index is 0.0684. The first-order valence-electron chi connectivity index (χ1n) is 9.53. The second kappa shape index (κ2) is 5.84. The molecule has 2 N–H and O–H groups in total. The van der Waals surface area contributed by atoms with E-state index in [0.29, 0.717) is 6.04 Å². The Balaban J connectivity index is 1.57. The molecule has 1 aromatic carbocycles. The maximum Gasteiger partial charge on any atom is 0.144 e. The van der Waals surface area contributed by atoms with Gasteiger partial charge in [-0.1, -0.05) is 6.42 Å². The van der Waals surface area contributed by atoms with Gasteiger partial charge in [0.25, 0.3) is 0 Å². The third-order valence-corrected chi connectivity index (χ3v) is 6.25. The first-order valence-corrected chi connectivity index (χ1v) is 9.53. The van der Waals surface area contributed by atoms with Crippen molar-refractivity contribution in [1.29, 1.82) is 0 Å². The molecule has 6 heteroatoms. The Kier molecular flexibility index (Phi) is 3.57. The molecule has 1 saturated heterocycles. The molecule has 6 nitrogen and oxygen atoms in total. The Hall–Kier alpha value is -2.34. The van der Waals surface area contributed by atoms with Gasteiger partial charge in [0, 0.05) is 24.8 Å². The number of benzene rings is 1. The minimum atomic E-state index is 0.0684. The number of likely N-dealkylation sites (N-methyl/N-ethyl adjacent to an activating group) is 1. The summed E-state index contributed by atoms with van der Waals surface area (Å²) in [5, 5.41) is 11.5. The zero-order chi connectivity index (χ0) is 17.7. The number of hydrogen-bond acceptors (Lipinski definition) is 5. The first kappa shape index (κ1) is 15.9. The number of fused-ring (bicyclic) bond motifs is 2. The van der Waals surface area contributed by atoms with Crippen molar-refractivity contribution in [3.8, 4) is 11.4 Å². The van der Waals surface area contributed by atoms with Crippen LogP contribution in [-0.4, -0.2) is 36.3 Å². The Bertz CT molecular complexity index is 874. The van der Waals surface area contributed by atoms with Crippen LogP contribution in [0.2, 0.25) is 0 Å². The van der Waals surface area contributed by atoms with Gasteiger partial charge in [-0.3, -0.25) is 0 Å². The van der Waals surface area contributed by atoms with Crippen molar-refractivity contribution in [2.75, 3.05) is 20.7 Å². The van der Waals surface area contributed by atoms with E-state index in [1.165, 1.54) is 30.4 Å². The van der Waals surface area contributed by atoms with E-state index in [2.05, 4.69) is 34.1 Å². The zero-order valence-corrected chi connectivity index (χ0v) is 15.4. The van der Waals surface area contributed by atoms with Crippen molar-refractivity contribution >= 4 is 11.5 Å². The molecule has 26 heavy (non-hydrogen) atoms. The summed E-state index contributed by atoms with van der Waals surface area (Å²) in [4.78, 5) is 4.89. The number of methoxy groups -OCH3 is 1. The van der Waals surface area contributed by atoms with Crippen molar-refractivity contribution in [3.63, 3.8) is 0 Å². The molecular weight excluding hydrogens is 326 g/mol. The molecule has 1 spiro atoms. The van der Waals surface area contributed by atoms with Gasteiger partial charge < -0.3 is 15.4 Å². The number of ether oxygens (including phenoxy) is 1. The average Bonchev–Trinajstić information content (AvgIpc) is 3.35. The number of hydrogen-bond donors (Lipinski definition) is 2. The van der Waals surface area contributed by atoms with Crippen LogP contribution >= 0.6 is 0 Å². The summed E-state index contributed by atoms with van der Waals surface area (Å²) < 4.78 is 7.67. The Morgan fingerprint density at radius 1 is 1.31 bits per heavy atom. The fraction of sp³-hybridized carbons (Fsp3) is 0.500. The van der Waals surface area contributed by atoms with Crippen molar-refractivity contribution in [3.05, 3.63) is 35.7 Å². The van der Waals surface area contributed by atoms with Gasteiger partial charge >= 0.3 is 0 Å². The fourth-order valence-corrected chi connectivity index (χ4v) is 4.68. The van der Waals surface area contributed by atoms with E-state index in [-0.39, 0.29) is 5.41 Å². The number of aromatic nitrogens is 2. The topological polar surface area (TPSA) is 63.5 Å². The standard InChI is InChI=1S/C20H25N5O/c1-21-19-20(6-4-7-20)14-9-18(26-2)17(10-16(14)24-19)25-12-13(11-23-25)15-5-3-8-22-15/h9-12,15,22H,3-8H2,1-2H3,(H,21,24)/t15-/m1/s1. The van der Waals surface area contributed by atoms with E-state index in [1.807, 2.05) is 17.9 Å². The molecule has 1 aromatic heterocycles. The highest BCUT2D eigenvalue weighted by Gasteiger charge is 2.48. The lowest BCUT2D eigenvalue weighted by molar-refractivity contribution is 0.338. The molecule has 1 aliphatic carbocycles. The predicted octanol–water partition coefficient (Wildman–Crippen LogP) is 2.99. The monoisotopic (exact) mass is 351 g/mol. The summed E-state index contributed by atoms with van der Waals surface area (Å²) in [7, 11) is 3.70. The third kappa shape index (κ3) is 2.14. The average molecular weight is 351 g/mol. The SMILES string of the molecule is CNC1=Nc2cc(-n3cc([C@H]4CCCN4)cn3)c(OC)cc2C12CCC2. The van der Waals surface area contributed by atoms with Gasteiger partial charge in [-0.15, -0.1) is 0 Å². The lowest BCUT2D eigenvalue weighted by Crippen LogP contribution is -2.45. The molecule has 3 aliphatic rings. The Morgan fingerprint density at radius 2 is 2.19 bits per heavy atom. The third-order valence-electron chi connectivity index (χ3n) is 6.25. The molecule has 1 atom stereocenters. The molecule has 2 aromatic rings. The number of rotatable bonds is 3. The quantitative estimate of drug-likeness (QED) is 0.892. The van der Waals surface area contributed by atoms with Gasteiger partial charge in [0.1, 0.15) is 17.3 Å². The number of nitrogens with one attached hydrogen (secondary N) is 2. The molecule has 0 amide bonds. The maximum absolute atomic E-state index is 5.74. The van der Waals surface area contributed by atoms with Crippen LogP contribution in [0, 0.1) is 0 Å². The largest absolute Gasteiger partial charge is 0.494 e. The van der Waals surface area contributed by atoms with Gasteiger partial charge in [0.05, 0.1) is 24.4 Å². The maximum atomic E-state index is 5.74. The highest BCUT2D eigenvalue weighted by molar-refractivity contribution is 6.01. The van der Waals surface area contributed by atoms with Crippen LogP contribution in [0.3, 0.4) is 0 Å². The smallest absolute Gasteiger partial charge is 0.144 e. The minimum Gasteiger partial charge on any atom is -0.494 e. The molecular formula is C20H25N5O. The van der Waals surface area contributed by atoms with Crippen molar-refractivity contribution in [2.45, 2.75) is 43.6 Å². The summed E-state index contributed by atoms with van der Waals surface area (Å²) in [5.74, 6) is 1.95. The summed E-state index contributed by atoms with van der Waals surface area (Å²) in [5.41, 5.74) is 4.59. The lowest BCUT2D eigenvalue weighted by atomic mass is 9.64. The Labute approximate surface area is 153 Å². The van der Waals surface area contributed by atoms with E-state index in [0.717, 1.165) is 42.3 Å². The van der Waals surface area contributed by atoms with E-state index in [1.54, 1.807) is 7.11 Å². The van der Waals surface area contributed by atoms with Gasteiger partial charge in [-0.05, 0) is 49.9 Å². The zero-order valence-electron chi connectivity index (χ0n) is 15.4. The lowest BCUT2D eigenvalue weighted by Gasteiger charge is -2.40. The summed E-state index contributed by atoms with van der Waals surface area (Å²) >= 11 is 0. The molecule has 3 heterocycles. The number of amidine groups is 1. The molecule has 2 fully saturated rings. The van der Waals surface area contributed by atoms with Crippen LogP contribution < -0.4 is 15.4 Å². The van der Waals surface area contributed by atoms with Gasteiger partial charge in [0.15, 0.2) is 0 Å². The molecule has 0 unspecified atom stereocenters. The predicted molar refractivity (Wildman–Crippen MR) is 102 cm³/mol. The fourth-order valence-electron chi connectivity index (χ4n) is 4.68. The molecule has 0 radical (unpaired) electrons. The van der Waals surface area contributed by atoms with Crippen molar-refractivity contribution in [2.24, 2.45) is 4.99 Å². The second-order valence-corrected chi connectivity index (χ2v) is 7.55. The van der Waals surface area contributed by atoms with E-state index in [9.17, 15) is 0 Å². The molecule has 1 saturated carbocycles. The number of nitrogens with zero attached hydrogens (tertiary/aromatic N) is 3. The summed E-state index contributed by atoms with van der Waals surface area (Å²) in [6.07, 6.45) is 10.0. The normalized spacial score (nSPS) is 22.8. The van der Waals surface area contributed by atoms with Crippen LogP contribution in [-0.2, 0) is 5.41 Å². The molecule has 136 valence electrons. The van der Waals surface area contributed by atoms with Gasteiger partial charge in [-0.2, -0.15) is 5.10 Å². The summed E-state index contributed by atoms with van der Waals surface area (Å²) in [6.45, 7) is 1.08. The first-order chi connectivity index (χ1) is 12.7. The van der Waals surface area contributed by atoms with Crippen LogP contribution in [0.15, 0.2) is 29.5 Å². The Morgan fingerprint density at radius 3 is 2.85 bits per heavy atom. The molecule has 2 aliphatic heterocycles. The van der Waals surface area contributed by atoms with Crippen LogP contribution in [0.25, 0.3) is 5.69 Å². The van der Waals surface area contributed by atoms with Crippen molar-refractivity contribution < 1.29 is 4.74 Å². The van der Waals surface area contributed by atoms with Gasteiger partial charge in [0.2, 0.25) is 0 Å². The van der Waals surface area contributed by atoms with E-state index < -0.39 is 0 Å². The second-order valence-electron chi connectivity index (χ2n) is 7.55. The number of aliphatic imine (C=N–C) groups is 1. The van der Waals surface area contributed by atoms with Crippen molar-refractivity contribution in [1.82, 2.24) is 20.4 Å². The van der Waals surface area contributed by atoms with Crippen LogP contribution in [0.1, 0.15) is 49.3 Å². The van der Waals surface area contributed by atoms with E-state index >= 15 is 0 Å². The van der Waals surface area contributed by atoms with E-state index in [4.69, 9.17) is 9.73 Å². The van der Waals surface area contributed by atoms with Crippen LogP contribution in [0.5, 0.6) is 5.75 Å². The van der Waals surface area contributed by atoms with Gasteiger partial charge in [-0.25, -0.2) is 9.67 Å².